The van der Waals surface area contributed by atoms with Crippen molar-refractivity contribution in [2.24, 2.45) is 5.41 Å². The molecule has 0 bridgehead atoms. The van der Waals surface area contributed by atoms with Crippen LogP contribution in [0.15, 0.2) is 72.8 Å². The van der Waals surface area contributed by atoms with Crippen molar-refractivity contribution >= 4 is 23.2 Å². The predicted molar refractivity (Wildman–Crippen MR) is 123 cm³/mol. The van der Waals surface area contributed by atoms with Crippen LogP contribution in [-0.2, 0) is 16.0 Å². The minimum absolute atomic E-state index is 0.00184. The van der Waals surface area contributed by atoms with Gasteiger partial charge in [0.05, 0.1) is 17.5 Å². The van der Waals surface area contributed by atoms with E-state index in [1.165, 1.54) is 0 Å². The Morgan fingerprint density at radius 2 is 1.68 bits per heavy atom. The molecule has 5 heteroatoms. The van der Waals surface area contributed by atoms with Gasteiger partial charge >= 0.3 is 0 Å². The van der Waals surface area contributed by atoms with Crippen molar-refractivity contribution in [3.63, 3.8) is 0 Å². The molecule has 4 rings (SSSR count). The number of nitrogens with one attached hydrogen (secondary N) is 1. The Hall–Kier alpha value is -3.60. The van der Waals surface area contributed by atoms with Crippen molar-refractivity contribution in [2.75, 3.05) is 23.9 Å². The molecule has 0 radical (unpaired) electrons. The molecule has 1 aliphatic heterocycles. The highest BCUT2D eigenvalue weighted by atomic mass is 16.5. The second kappa shape index (κ2) is 8.26. The van der Waals surface area contributed by atoms with Crippen molar-refractivity contribution in [2.45, 2.75) is 20.3 Å². The topological polar surface area (TPSA) is 58.6 Å². The number of amides is 2. The van der Waals surface area contributed by atoms with Crippen molar-refractivity contribution in [3.05, 3.63) is 78.4 Å². The van der Waals surface area contributed by atoms with Gasteiger partial charge in [0.1, 0.15) is 12.4 Å². The van der Waals surface area contributed by atoms with E-state index < -0.39 is 5.41 Å². The second-order valence-corrected chi connectivity index (χ2v) is 8.51. The molecule has 1 heterocycles. The maximum Gasteiger partial charge on any atom is 0.235 e. The van der Waals surface area contributed by atoms with Crippen molar-refractivity contribution in [1.29, 1.82) is 0 Å². The zero-order chi connectivity index (χ0) is 22.0. The van der Waals surface area contributed by atoms with Crippen LogP contribution >= 0.6 is 0 Å². The molecule has 0 aromatic heterocycles. The van der Waals surface area contributed by atoms with Gasteiger partial charge in [-0.25, -0.2) is 0 Å². The second-order valence-electron chi connectivity index (χ2n) is 8.51. The van der Waals surface area contributed by atoms with E-state index in [1.807, 2.05) is 56.3 Å². The first-order valence-corrected chi connectivity index (χ1v) is 10.3. The van der Waals surface area contributed by atoms with Crippen LogP contribution in [0.1, 0.15) is 19.4 Å². The minimum atomic E-state index is -0.608. The number of carbonyl (C=O) groups is 2. The van der Waals surface area contributed by atoms with Crippen LogP contribution in [-0.4, -0.2) is 25.5 Å². The zero-order valence-electron chi connectivity index (χ0n) is 18.0. The van der Waals surface area contributed by atoms with Crippen molar-refractivity contribution in [3.8, 4) is 16.9 Å². The molecule has 3 aromatic rings. The third kappa shape index (κ3) is 4.45. The van der Waals surface area contributed by atoms with Crippen LogP contribution < -0.4 is 15.0 Å². The van der Waals surface area contributed by atoms with Crippen molar-refractivity contribution in [1.82, 2.24) is 0 Å². The molecule has 3 aromatic carbocycles. The third-order valence-electron chi connectivity index (χ3n) is 5.50. The van der Waals surface area contributed by atoms with Gasteiger partial charge in [0.15, 0.2) is 0 Å². The number of hydrogen-bond acceptors (Lipinski definition) is 3. The quantitative estimate of drug-likeness (QED) is 0.659. The Morgan fingerprint density at radius 3 is 2.39 bits per heavy atom. The summed E-state index contributed by atoms with van der Waals surface area (Å²) in [7, 11) is 1.74. The van der Waals surface area contributed by atoms with Crippen LogP contribution in [0.5, 0.6) is 5.75 Å². The largest absolute Gasteiger partial charge is 0.490 e. The summed E-state index contributed by atoms with van der Waals surface area (Å²) in [5.41, 5.74) is 3.94. The molecule has 158 valence electrons. The Labute approximate surface area is 182 Å². The van der Waals surface area contributed by atoms with Crippen LogP contribution in [0, 0.1) is 5.41 Å². The molecular weight excluding hydrogens is 388 g/mol. The molecule has 0 unspecified atom stereocenters. The molecule has 0 saturated carbocycles. The number of ether oxygens (including phenoxy) is 1. The monoisotopic (exact) mass is 414 g/mol. The average molecular weight is 415 g/mol. The molecule has 0 saturated heterocycles. The first-order valence-electron chi connectivity index (χ1n) is 10.3. The highest BCUT2D eigenvalue weighted by molar-refractivity contribution is 5.99. The summed E-state index contributed by atoms with van der Waals surface area (Å²) >= 11 is 0. The van der Waals surface area contributed by atoms with Gasteiger partial charge in [0, 0.05) is 18.8 Å². The Kier molecular flexibility index (Phi) is 5.51. The summed E-state index contributed by atoms with van der Waals surface area (Å²) in [6.45, 7) is 4.02. The molecule has 2 amide bonds. The number of benzene rings is 3. The lowest BCUT2D eigenvalue weighted by Crippen LogP contribution is -2.39. The molecular formula is C26H26N2O3. The first kappa shape index (κ1) is 20.7. The highest BCUT2D eigenvalue weighted by Gasteiger charge is 2.36. The van der Waals surface area contributed by atoms with Gasteiger partial charge < -0.3 is 15.0 Å². The normalized spacial score (nSPS) is 14.9. The van der Waals surface area contributed by atoms with Crippen LogP contribution in [0.25, 0.3) is 11.1 Å². The third-order valence-corrected chi connectivity index (χ3v) is 5.50. The Balaban J connectivity index is 1.44. The summed E-state index contributed by atoms with van der Waals surface area (Å²) in [5, 5.41) is 2.93. The van der Waals surface area contributed by atoms with Crippen LogP contribution in [0.3, 0.4) is 0 Å². The van der Waals surface area contributed by atoms with E-state index in [1.54, 1.807) is 30.1 Å². The van der Waals surface area contributed by atoms with E-state index >= 15 is 0 Å². The lowest BCUT2D eigenvalue weighted by molar-refractivity contribution is -0.127. The van der Waals surface area contributed by atoms with E-state index in [4.69, 9.17) is 4.74 Å². The maximum absolute atomic E-state index is 12.6. The van der Waals surface area contributed by atoms with Crippen LogP contribution in [0.2, 0.25) is 0 Å². The number of anilines is 2. The number of nitrogens with zero attached hydrogens (tertiary/aromatic N) is 1. The molecule has 0 spiro atoms. The lowest BCUT2D eigenvalue weighted by atomic mass is 9.93. The van der Waals surface area contributed by atoms with Gasteiger partial charge in [0.2, 0.25) is 11.8 Å². The smallest absolute Gasteiger partial charge is 0.235 e. The fourth-order valence-corrected chi connectivity index (χ4v) is 3.70. The molecule has 0 atom stereocenters. The van der Waals surface area contributed by atoms with Gasteiger partial charge in [-0.1, -0.05) is 54.6 Å². The van der Waals surface area contributed by atoms with Gasteiger partial charge in [-0.3, -0.25) is 9.59 Å². The predicted octanol–water partition coefficient (Wildman–Crippen LogP) is 4.92. The number of hydrogen-bond donors (Lipinski definition) is 1. The number of carbonyl (C=O) groups excluding carboxylic acids is 2. The standard InChI is InChI=1S/C26H26N2O3/c1-26(2)17-31-23-16-21(13-14-22(23)28(3)25(26)30)27-24(29)15-18-9-11-20(12-10-18)19-7-5-4-6-8-19/h4-14,16H,15,17H2,1-3H3,(H,27,29). The van der Waals surface area contributed by atoms with E-state index in [0.717, 1.165) is 16.7 Å². The van der Waals surface area contributed by atoms with Crippen LogP contribution in [0.4, 0.5) is 11.4 Å². The fourth-order valence-electron chi connectivity index (χ4n) is 3.70. The van der Waals surface area contributed by atoms with Gasteiger partial charge in [-0.15, -0.1) is 0 Å². The first-order chi connectivity index (χ1) is 14.8. The van der Waals surface area contributed by atoms with E-state index in [-0.39, 0.29) is 24.8 Å². The highest BCUT2D eigenvalue weighted by Crippen LogP contribution is 2.37. The molecule has 0 fully saturated rings. The molecule has 0 aliphatic carbocycles. The molecule has 31 heavy (non-hydrogen) atoms. The van der Waals surface area contributed by atoms with E-state index in [2.05, 4.69) is 17.4 Å². The fraction of sp³-hybridized carbons (Fsp3) is 0.231. The van der Waals surface area contributed by atoms with Gasteiger partial charge in [-0.2, -0.15) is 0 Å². The van der Waals surface area contributed by atoms with Gasteiger partial charge in [-0.05, 0) is 42.7 Å². The summed E-state index contributed by atoms with van der Waals surface area (Å²) in [5.74, 6) is 0.485. The molecule has 1 N–H and O–H groups in total. The zero-order valence-corrected chi connectivity index (χ0v) is 18.0. The molecule has 5 nitrogen and oxygen atoms in total. The lowest BCUT2D eigenvalue weighted by Gasteiger charge is -2.24. The number of rotatable bonds is 4. The Morgan fingerprint density at radius 1 is 1.00 bits per heavy atom. The summed E-state index contributed by atoms with van der Waals surface area (Å²) in [4.78, 5) is 26.8. The summed E-state index contributed by atoms with van der Waals surface area (Å²) in [6.07, 6.45) is 0.276. The van der Waals surface area contributed by atoms with E-state index in [9.17, 15) is 9.59 Å². The molecule has 1 aliphatic rings. The van der Waals surface area contributed by atoms with Gasteiger partial charge in [0.25, 0.3) is 0 Å². The maximum atomic E-state index is 12.6. The summed E-state index contributed by atoms with van der Waals surface area (Å²) in [6, 6.07) is 23.5. The van der Waals surface area contributed by atoms with Crippen molar-refractivity contribution < 1.29 is 14.3 Å². The SMILES string of the molecule is CN1C(=O)C(C)(C)COc2cc(NC(=O)Cc3ccc(-c4ccccc4)cc3)ccc21. The number of fused-ring (bicyclic) bond motifs is 1. The minimum Gasteiger partial charge on any atom is -0.490 e. The van der Waals surface area contributed by atoms with E-state index in [0.29, 0.717) is 17.1 Å². The Bertz CT molecular complexity index is 1110. The average Bonchev–Trinajstić information content (AvgIpc) is 2.85. The summed E-state index contributed by atoms with van der Waals surface area (Å²) < 4.78 is 5.89.